The maximum atomic E-state index is 11.4. The summed E-state index contributed by atoms with van der Waals surface area (Å²) in [7, 11) is 1.91. The standard InChI is InChI=1S/C13H17N3OS/c1-15-9-11-3-5-12(6-4-11)18-10-13(17)16-8-2-7-14/h3-6,15H,2,8-10H2,1H3,(H,16,17). The van der Waals surface area contributed by atoms with Gasteiger partial charge in [0.05, 0.1) is 18.2 Å². The normalized spacial score (nSPS) is 9.78. The summed E-state index contributed by atoms with van der Waals surface area (Å²) in [5.41, 5.74) is 1.22. The fourth-order valence-electron chi connectivity index (χ4n) is 1.37. The van der Waals surface area contributed by atoms with Gasteiger partial charge in [-0.25, -0.2) is 0 Å². The second-order valence-electron chi connectivity index (χ2n) is 3.72. The highest BCUT2D eigenvalue weighted by atomic mass is 32.2. The third-order valence-electron chi connectivity index (χ3n) is 2.23. The molecule has 2 N–H and O–H groups in total. The first kappa shape index (κ1) is 14.6. The Morgan fingerprint density at radius 3 is 2.72 bits per heavy atom. The molecule has 0 aliphatic carbocycles. The van der Waals surface area contributed by atoms with Crippen LogP contribution in [0.3, 0.4) is 0 Å². The van der Waals surface area contributed by atoms with Crippen molar-refractivity contribution in [3.8, 4) is 6.07 Å². The highest BCUT2D eigenvalue weighted by molar-refractivity contribution is 8.00. The molecule has 1 aromatic carbocycles. The van der Waals surface area contributed by atoms with Crippen molar-refractivity contribution in [3.05, 3.63) is 29.8 Å². The van der Waals surface area contributed by atoms with E-state index in [4.69, 9.17) is 5.26 Å². The van der Waals surface area contributed by atoms with Crippen molar-refractivity contribution in [1.82, 2.24) is 10.6 Å². The maximum Gasteiger partial charge on any atom is 0.230 e. The SMILES string of the molecule is CNCc1ccc(SCC(=O)NCCC#N)cc1. The highest BCUT2D eigenvalue weighted by Gasteiger charge is 2.02. The molecule has 1 rings (SSSR count). The van der Waals surface area contributed by atoms with Gasteiger partial charge in [0.2, 0.25) is 5.91 Å². The largest absolute Gasteiger partial charge is 0.354 e. The molecular formula is C13H17N3OS. The Hall–Kier alpha value is -1.51. The lowest BCUT2D eigenvalue weighted by molar-refractivity contribution is -0.118. The molecule has 1 amide bonds. The van der Waals surface area contributed by atoms with Crippen molar-refractivity contribution >= 4 is 17.7 Å². The zero-order valence-corrected chi connectivity index (χ0v) is 11.2. The molecule has 0 radical (unpaired) electrons. The molecule has 0 fully saturated rings. The minimum Gasteiger partial charge on any atom is -0.354 e. The molecular weight excluding hydrogens is 246 g/mol. The molecule has 1 aromatic rings. The van der Waals surface area contributed by atoms with Crippen LogP contribution in [-0.2, 0) is 11.3 Å². The van der Waals surface area contributed by atoms with Gasteiger partial charge in [-0.3, -0.25) is 4.79 Å². The van der Waals surface area contributed by atoms with E-state index >= 15 is 0 Å². The molecule has 0 unspecified atom stereocenters. The monoisotopic (exact) mass is 263 g/mol. The van der Waals surface area contributed by atoms with Gasteiger partial charge in [0.15, 0.2) is 0 Å². The number of nitrogens with one attached hydrogen (secondary N) is 2. The lowest BCUT2D eigenvalue weighted by Gasteiger charge is -2.04. The summed E-state index contributed by atoms with van der Waals surface area (Å²) in [6, 6.07) is 10.1. The van der Waals surface area contributed by atoms with Crippen LogP contribution in [0.2, 0.25) is 0 Å². The van der Waals surface area contributed by atoms with E-state index in [0.29, 0.717) is 18.7 Å². The molecule has 4 nitrogen and oxygen atoms in total. The Morgan fingerprint density at radius 2 is 2.11 bits per heavy atom. The number of carbonyl (C=O) groups is 1. The predicted octanol–water partition coefficient (Wildman–Crippen LogP) is 1.53. The van der Waals surface area contributed by atoms with E-state index in [1.807, 2.05) is 37.4 Å². The maximum absolute atomic E-state index is 11.4. The zero-order chi connectivity index (χ0) is 13.2. The van der Waals surface area contributed by atoms with Gasteiger partial charge >= 0.3 is 0 Å². The number of rotatable bonds is 7. The van der Waals surface area contributed by atoms with Crippen LogP contribution in [0.25, 0.3) is 0 Å². The van der Waals surface area contributed by atoms with Gasteiger partial charge in [-0.15, -0.1) is 11.8 Å². The van der Waals surface area contributed by atoms with Gasteiger partial charge in [0.1, 0.15) is 0 Å². The van der Waals surface area contributed by atoms with E-state index in [9.17, 15) is 4.79 Å². The lowest BCUT2D eigenvalue weighted by Crippen LogP contribution is -2.25. The minimum atomic E-state index is -0.0328. The van der Waals surface area contributed by atoms with Crippen molar-refractivity contribution in [2.24, 2.45) is 0 Å². The van der Waals surface area contributed by atoms with E-state index in [1.165, 1.54) is 17.3 Å². The summed E-state index contributed by atoms with van der Waals surface area (Å²) in [4.78, 5) is 12.5. The number of thioether (sulfide) groups is 1. The van der Waals surface area contributed by atoms with Crippen molar-refractivity contribution in [1.29, 1.82) is 5.26 Å². The van der Waals surface area contributed by atoms with Crippen LogP contribution in [0.5, 0.6) is 0 Å². The van der Waals surface area contributed by atoms with E-state index in [2.05, 4.69) is 10.6 Å². The van der Waals surface area contributed by atoms with Crippen LogP contribution in [0, 0.1) is 11.3 Å². The number of benzene rings is 1. The molecule has 0 heterocycles. The minimum absolute atomic E-state index is 0.0328. The molecule has 0 saturated heterocycles. The molecule has 0 aliphatic heterocycles. The number of hydrogen-bond donors (Lipinski definition) is 2. The smallest absolute Gasteiger partial charge is 0.230 e. The molecule has 96 valence electrons. The summed E-state index contributed by atoms with van der Waals surface area (Å²) < 4.78 is 0. The summed E-state index contributed by atoms with van der Waals surface area (Å²) >= 11 is 1.50. The fourth-order valence-corrected chi connectivity index (χ4v) is 2.09. The molecule has 0 saturated carbocycles. The van der Waals surface area contributed by atoms with Crippen LogP contribution in [0.15, 0.2) is 29.2 Å². The molecule has 5 heteroatoms. The van der Waals surface area contributed by atoms with Gasteiger partial charge in [-0.2, -0.15) is 5.26 Å². The average Bonchev–Trinajstić information content (AvgIpc) is 2.39. The van der Waals surface area contributed by atoms with Gasteiger partial charge in [0, 0.05) is 18.0 Å². The van der Waals surface area contributed by atoms with Gasteiger partial charge in [-0.1, -0.05) is 12.1 Å². The zero-order valence-electron chi connectivity index (χ0n) is 10.4. The first-order chi connectivity index (χ1) is 8.76. The molecule has 0 atom stereocenters. The Balaban J connectivity index is 2.30. The third kappa shape index (κ3) is 5.71. The van der Waals surface area contributed by atoms with Crippen LogP contribution < -0.4 is 10.6 Å². The van der Waals surface area contributed by atoms with Crippen molar-refractivity contribution in [2.75, 3.05) is 19.3 Å². The van der Waals surface area contributed by atoms with Crippen LogP contribution in [0.1, 0.15) is 12.0 Å². The second kappa shape index (κ2) is 8.56. The van der Waals surface area contributed by atoms with Crippen LogP contribution >= 0.6 is 11.8 Å². The van der Waals surface area contributed by atoms with Crippen molar-refractivity contribution in [2.45, 2.75) is 17.9 Å². The quantitative estimate of drug-likeness (QED) is 0.578. The Kier molecular flexibility index (Phi) is 6.92. The van der Waals surface area contributed by atoms with Crippen LogP contribution in [-0.4, -0.2) is 25.3 Å². The van der Waals surface area contributed by atoms with Gasteiger partial charge < -0.3 is 10.6 Å². The van der Waals surface area contributed by atoms with Crippen molar-refractivity contribution < 1.29 is 4.79 Å². The second-order valence-corrected chi connectivity index (χ2v) is 4.77. The topological polar surface area (TPSA) is 64.9 Å². The number of amides is 1. The first-order valence-corrected chi connectivity index (χ1v) is 6.75. The number of nitriles is 1. The number of hydrogen-bond acceptors (Lipinski definition) is 4. The first-order valence-electron chi connectivity index (χ1n) is 5.76. The Morgan fingerprint density at radius 1 is 1.39 bits per heavy atom. The lowest BCUT2D eigenvalue weighted by atomic mass is 10.2. The van der Waals surface area contributed by atoms with Gasteiger partial charge in [0.25, 0.3) is 0 Å². The molecule has 0 spiro atoms. The third-order valence-corrected chi connectivity index (χ3v) is 3.25. The Bertz CT molecular complexity index is 411. The Labute approximate surface area is 112 Å². The molecule has 18 heavy (non-hydrogen) atoms. The predicted molar refractivity (Wildman–Crippen MR) is 73.2 cm³/mol. The van der Waals surface area contributed by atoms with Gasteiger partial charge in [-0.05, 0) is 24.7 Å². The van der Waals surface area contributed by atoms with E-state index in [1.54, 1.807) is 0 Å². The molecule has 0 aromatic heterocycles. The molecule has 0 bridgehead atoms. The average molecular weight is 263 g/mol. The number of carbonyl (C=O) groups excluding carboxylic acids is 1. The summed E-state index contributed by atoms with van der Waals surface area (Å²) in [5, 5.41) is 14.1. The fraction of sp³-hybridized carbons (Fsp3) is 0.385. The van der Waals surface area contributed by atoms with E-state index < -0.39 is 0 Å². The number of nitrogens with zero attached hydrogens (tertiary/aromatic N) is 1. The molecule has 0 aliphatic rings. The highest BCUT2D eigenvalue weighted by Crippen LogP contribution is 2.17. The van der Waals surface area contributed by atoms with E-state index in [0.717, 1.165) is 11.4 Å². The summed E-state index contributed by atoms with van der Waals surface area (Å²) in [5.74, 6) is 0.353. The van der Waals surface area contributed by atoms with Crippen molar-refractivity contribution in [3.63, 3.8) is 0 Å². The summed E-state index contributed by atoms with van der Waals surface area (Å²) in [6.07, 6.45) is 0.356. The van der Waals surface area contributed by atoms with E-state index in [-0.39, 0.29) is 5.91 Å². The summed E-state index contributed by atoms with van der Waals surface area (Å²) in [6.45, 7) is 1.27. The van der Waals surface area contributed by atoms with Crippen LogP contribution in [0.4, 0.5) is 0 Å².